The molecule has 0 aromatic rings. The topological polar surface area (TPSA) is 92.7 Å². The summed E-state index contributed by atoms with van der Waals surface area (Å²) in [7, 11) is 1.13. The molecule has 0 atom stereocenters. The van der Waals surface area contributed by atoms with Crippen molar-refractivity contribution in [2.24, 2.45) is 0 Å². The maximum absolute atomic E-state index is 10.3. The summed E-state index contributed by atoms with van der Waals surface area (Å²) in [6.07, 6.45) is 0. The Hall–Kier alpha value is -1.59. The fraction of sp³-hybridized carbons (Fsp3) is 0.400. The van der Waals surface area contributed by atoms with Crippen molar-refractivity contribution in [2.45, 2.75) is 0 Å². The van der Waals surface area contributed by atoms with Crippen LogP contribution in [-0.4, -0.2) is 36.6 Å². The zero-order valence-corrected chi connectivity index (χ0v) is 5.79. The van der Waals surface area contributed by atoms with Gasteiger partial charge in [-0.2, -0.15) is 0 Å². The van der Waals surface area contributed by atoms with Crippen molar-refractivity contribution < 1.29 is 24.2 Å². The first-order chi connectivity index (χ1) is 5.07. The van der Waals surface area contributed by atoms with E-state index in [1.165, 1.54) is 0 Å². The smallest absolute Gasteiger partial charge is 0.394 e. The molecule has 0 aliphatic rings. The summed E-state index contributed by atoms with van der Waals surface area (Å²) in [4.78, 5) is 30.4. The van der Waals surface area contributed by atoms with Crippen LogP contribution in [0, 0.1) is 0 Å². The Balaban J connectivity index is 3.63. The number of ether oxygens (including phenoxy) is 1. The van der Waals surface area contributed by atoms with Crippen molar-refractivity contribution >= 4 is 17.8 Å². The zero-order chi connectivity index (χ0) is 8.85. The average molecular weight is 161 g/mol. The van der Waals surface area contributed by atoms with E-state index < -0.39 is 24.4 Å². The number of nitrogens with one attached hydrogen (secondary N) is 1. The Kier molecular flexibility index (Phi) is 3.65. The minimum atomic E-state index is -1.63. The van der Waals surface area contributed by atoms with E-state index in [2.05, 4.69) is 4.74 Å². The van der Waals surface area contributed by atoms with Crippen LogP contribution in [-0.2, 0) is 19.1 Å². The SMILES string of the molecule is COC(=O)CNC(=O)C(=O)O. The molecule has 0 aliphatic heterocycles. The quantitative estimate of drug-likeness (QED) is 0.374. The molecule has 62 valence electrons. The number of carbonyl (C=O) groups excluding carboxylic acids is 2. The highest BCUT2D eigenvalue weighted by molar-refractivity contribution is 6.31. The van der Waals surface area contributed by atoms with Gasteiger partial charge in [0.2, 0.25) is 0 Å². The molecule has 1 amide bonds. The molecule has 0 bridgehead atoms. The van der Waals surface area contributed by atoms with E-state index in [1.807, 2.05) is 5.32 Å². The first-order valence-corrected chi connectivity index (χ1v) is 2.66. The highest BCUT2D eigenvalue weighted by Gasteiger charge is 2.11. The maximum atomic E-state index is 10.3. The fourth-order valence-corrected chi connectivity index (χ4v) is 0.300. The third-order valence-corrected chi connectivity index (χ3v) is 0.815. The van der Waals surface area contributed by atoms with Crippen LogP contribution in [0.2, 0.25) is 0 Å². The number of methoxy groups -OCH3 is 1. The number of aliphatic carboxylic acids is 1. The van der Waals surface area contributed by atoms with E-state index >= 15 is 0 Å². The summed E-state index contributed by atoms with van der Waals surface area (Å²) in [6.45, 7) is -0.429. The first kappa shape index (κ1) is 9.41. The molecule has 0 aromatic heterocycles. The number of carbonyl (C=O) groups is 3. The largest absolute Gasteiger partial charge is 0.474 e. The molecule has 0 saturated heterocycles. The van der Waals surface area contributed by atoms with Gasteiger partial charge >= 0.3 is 17.8 Å². The van der Waals surface area contributed by atoms with Gasteiger partial charge in [-0.3, -0.25) is 9.59 Å². The van der Waals surface area contributed by atoms with E-state index in [4.69, 9.17) is 5.11 Å². The minimum Gasteiger partial charge on any atom is -0.474 e. The summed E-state index contributed by atoms with van der Waals surface area (Å²) in [5.41, 5.74) is 0. The lowest BCUT2D eigenvalue weighted by Crippen LogP contribution is -2.35. The number of amides is 1. The van der Waals surface area contributed by atoms with Gasteiger partial charge in [0.05, 0.1) is 7.11 Å². The van der Waals surface area contributed by atoms with Gasteiger partial charge in [0.15, 0.2) is 0 Å². The molecule has 0 radical (unpaired) electrons. The van der Waals surface area contributed by atoms with Gasteiger partial charge in [-0.25, -0.2) is 4.79 Å². The second-order valence-corrected chi connectivity index (χ2v) is 1.56. The molecular formula is C5H7NO5. The zero-order valence-electron chi connectivity index (χ0n) is 5.79. The molecule has 0 saturated carbocycles. The summed E-state index contributed by atoms with van der Waals surface area (Å²) in [5.74, 6) is -3.55. The van der Waals surface area contributed by atoms with Crippen LogP contribution in [0.25, 0.3) is 0 Å². The van der Waals surface area contributed by atoms with Crippen LogP contribution in [0.3, 0.4) is 0 Å². The van der Waals surface area contributed by atoms with E-state index in [9.17, 15) is 14.4 Å². The van der Waals surface area contributed by atoms with Crippen molar-refractivity contribution in [3.63, 3.8) is 0 Å². The monoisotopic (exact) mass is 161 g/mol. The predicted octanol–water partition coefficient (Wildman–Crippen LogP) is -1.64. The molecule has 6 nitrogen and oxygen atoms in total. The highest BCUT2D eigenvalue weighted by atomic mass is 16.5. The molecule has 11 heavy (non-hydrogen) atoms. The Bertz CT molecular complexity index is 187. The first-order valence-electron chi connectivity index (χ1n) is 2.66. The predicted molar refractivity (Wildman–Crippen MR) is 32.7 cm³/mol. The lowest BCUT2D eigenvalue weighted by Gasteiger charge is -1.98. The minimum absolute atomic E-state index is 0.429. The summed E-state index contributed by atoms with van der Waals surface area (Å²) in [6, 6.07) is 0. The lowest BCUT2D eigenvalue weighted by molar-refractivity contribution is -0.151. The van der Waals surface area contributed by atoms with E-state index in [1.54, 1.807) is 0 Å². The highest BCUT2D eigenvalue weighted by Crippen LogP contribution is 1.70. The van der Waals surface area contributed by atoms with Gasteiger partial charge in [-0.1, -0.05) is 0 Å². The number of hydrogen-bond donors (Lipinski definition) is 2. The summed E-state index contributed by atoms with van der Waals surface area (Å²) in [5, 5.41) is 9.82. The van der Waals surface area contributed by atoms with Crippen molar-refractivity contribution in [3.05, 3.63) is 0 Å². The Morgan fingerprint density at radius 2 is 2.00 bits per heavy atom. The van der Waals surface area contributed by atoms with Crippen molar-refractivity contribution in [3.8, 4) is 0 Å². The summed E-state index contributed by atoms with van der Waals surface area (Å²) < 4.78 is 4.13. The third kappa shape index (κ3) is 3.90. The average Bonchev–Trinajstić information content (AvgIpc) is 1.99. The van der Waals surface area contributed by atoms with E-state index in [0.717, 1.165) is 7.11 Å². The maximum Gasteiger partial charge on any atom is 0.394 e. The van der Waals surface area contributed by atoms with Gasteiger partial charge in [0.25, 0.3) is 0 Å². The molecular weight excluding hydrogens is 154 g/mol. The number of carboxylic acid groups (broad SMARTS) is 1. The van der Waals surface area contributed by atoms with Crippen LogP contribution in [0.4, 0.5) is 0 Å². The van der Waals surface area contributed by atoms with Crippen molar-refractivity contribution in [2.75, 3.05) is 13.7 Å². The second-order valence-electron chi connectivity index (χ2n) is 1.56. The number of hydrogen-bond acceptors (Lipinski definition) is 4. The van der Waals surface area contributed by atoms with E-state index in [-0.39, 0.29) is 0 Å². The fourth-order valence-electron chi connectivity index (χ4n) is 0.300. The molecule has 6 heteroatoms. The van der Waals surface area contributed by atoms with Crippen molar-refractivity contribution in [1.82, 2.24) is 5.32 Å². The van der Waals surface area contributed by atoms with Crippen LogP contribution in [0.1, 0.15) is 0 Å². The number of carboxylic acids is 1. The second kappa shape index (κ2) is 4.26. The third-order valence-electron chi connectivity index (χ3n) is 0.815. The van der Waals surface area contributed by atoms with Gasteiger partial charge in [-0.05, 0) is 0 Å². The van der Waals surface area contributed by atoms with Crippen LogP contribution in [0.15, 0.2) is 0 Å². The van der Waals surface area contributed by atoms with Crippen molar-refractivity contribution in [1.29, 1.82) is 0 Å². The lowest BCUT2D eigenvalue weighted by atomic mass is 10.5. The molecule has 0 heterocycles. The molecule has 0 fully saturated rings. The van der Waals surface area contributed by atoms with E-state index in [0.29, 0.717) is 0 Å². The van der Waals surface area contributed by atoms with Gasteiger partial charge in [-0.15, -0.1) is 0 Å². The van der Waals surface area contributed by atoms with Crippen LogP contribution in [0.5, 0.6) is 0 Å². The normalized spacial score (nSPS) is 8.45. The molecule has 2 N–H and O–H groups in total. The standard InChI is InChI=1S/C5H7NO5/c1-11-3(7)2-6-4(8)5(9)10/h2H2,1H3,(H,6,8)(H,9,10). The molecule has 0 unspecified atom stereocenters. The molecule has 0 aliphatic carbocycles. The Morgan fingerprint density at radius 3 is 2.36 bits per heavy atom. The molecule has 0 rings (SSSR count). The Labute approximate surface area is 62.1 Å². The molecule has 0 spiro atoms. The van der Waals surface area contributed by atoms with Gasteiger partial charge in [0.1, 0.15) is 6.54 Å². The van der Waals surface area contributed by atoms with Crippen LogP contribution >= 0.6 is 0 Å². The summed E-state index contributed by atoms with van der Waals surface area (Å²) >= 11 is 0. The number of esters is 1. The number of rotatable bonds is 2. The van der Waals surface area contributed by atoms with Gasteiger partial charge < -0.3 is 15.2 Å². The van der Waals surface area contributed by atoms with Gasteiger partial charge in [0, 0.05) is 0 Å². The van der Waals surface area contributed by atoms with Crippen LogP contribution < -0.4 is 5.32 Å². The Morgan fingerprint density at radius 1 is 1.45 bits per heavy atom. The molecule has 0 aromatic carbocycles.